The second kappa shape index (κ2) is 9.47. The van der Waals surface area contributed by atoms with E-state index in [9.17, 15) is 4.79 Å². The molecule has 2 aromatic carbocycles. The van der Waals surface area contributed by atoms with Crippen LogP contribution in [0.2, 0.25) is 0 Å². The maximum atomic E-state index is 11.6. The summed E-state index contributed by atoms with van der Waals surface area (Å²) >= 11 is 0. The predicted molar refractivity (Wildman–Crippen MR) is 101 cm³/mol. The highest BCUT2D eigenvalue weighted by Crippen LogP contribution is 2.06. The highest BCUT2D eigenvalue weighted by Gasteiger charge is 2.06. The molecule has 0 saturated heterocycles. The highest BCUT2D eigenvalue weighted by molar-refractivity contribution is 5.89. The molecule has 0 fully saturated rings. The summed E-state index contributed by atoms with van der Waals surface area (Å²) in [6.45, 7) is 5.58. The minimum Gasteiger partial charge on any atom is -0.462 e. The Morgan fingerprint density at radius 3 is 1.96 bits per heavy atom. The lowest BCUT2D eigenvalue weighted by molar-refractivity contribution is 0.0526. The Hall–Kier alpha value is -2.82. The van der Waals surface area contributed by atoms with Crippen molar-refractivity contribution >= 4 is 11.9 Å². The molecule has 0 heterocycles. The molecule has 5 heteroatoms. The van der Waals surface area contributed by atoms with Crippen molar-refractivity contribution in [3.63, 3.8) is 0 Å². The van der Waals surface area contributed by atoms with E-state index >= 15 is 0 Å². The summed E-state index contributed by atoms with van der Waals surface area (Å²) < 4.78 is 4.98. The number of hydrogen-bond acceptors (Lipinski definition) is 3. The third-order valence-electron chi connectivity index (χ3n) is 3.73. The van der Waals surface area contributed by atoms with Crippen LogP contribution in [0.15, 0.2) is 53.5 Å². The Morgan fingerprint density at radius 1 is 0.960 bits per heavy atom. The molecule has 0 bridgehead atoms. The number of benzene rings is 2. The van der Waals surface area contributed by atoms with Crippen LogP contribution in [0, 0.1) is 6.92 Å². The van der Waals surface area contributed by atoms with Gasteiger partial charge in [0.15, 0.2) is 5.96 Å². The van der Waals surface area contributed by atoms with Gasteiger partial charge in [-0.05, 0) is 37.1 Å². The number of ether oxygens (including phenoxy) is 1. The van der Waals surface area contributed by atoms with Crippen LogP contribution >= 0.6 is 0 Å². The SMILES string of the molecule is CCOC(=O)c1ccc(CNC(=NC)NCc2ccc(C)cc2)cc1. The molecular formula is C20H25N3O2. The largest absolute Gasteiger partial charge is 0.462 e. The van der Waals surface area contributed by atoms with Crippen LogP contribution in [0.3, 0.4) is 0 Å². The van der Waals surface area contributed by atoms with E-state index in [1.54, 1.807) is 26.1 Å². The Kier molecular flexibility index (Phi) is 7.01. The second-order valence-electron chi connectivity index (χ2n) is 5.68. The van der Waals surface area contributed by atoms with Crippen LogP contribution in [0.5, 0.6) is 0 Å². The normalized spacial score (nSPS) is 11.1. The lowest BCUT2D eigenvalue weighted by atomic mass is 10.1. The molecule has 2 rings (SSSR count). The number of carbonyl (C=O) groups is 1. The molecule has 0 aliphatic rings. The topological polar surface area (TPSA) is 62.7 Å². The average molecular weight is 339 g/mol. The first-order valence-electron chi connectivity index (χ1n) is 8.38. The second-order valence-corrected chi connectivity index (χ2v) is 5.68. The van der Waals surface area contributed by atoms with Crippen molar-refractivity contribution in [1.82, 2.24) is 10.6 Å². The fraction of sp³-hybridized carbons (Fsp3) is 0.300. The summed E-state index contributed by atoms with van der Waals surface area (Å²) in [4.78, 5) is 15.9. The van der Waals surface area contributed by atoms with E-state index in [0.717, 1.165) is 11.5 Å². The Balaban J connectivity index is 1.84. The zero-order valence-corrected chi connectivity index (χ0v) is 15.0. The van der Waals surface area contributed by atoms with Crippen molar-refractivity contribution in [2.75, 3.05) is 13.7 Å². The smallest absolute Gasteiger partial charge is 0.338 e. The van der Waals surface area contributed by atoms with E-state index < -0.39 is 0 Å². The summed E-state index contributed by atoms with van der Waals surface area (Å²) in [5.41, 5.74) is 4.07. The summed E-state index contributed by atoms with van der Waals surface area (Å²) in [5, 5.41) is 6.55. The zero-order valence-electron chi connectivity index (χ0n) is 15.0. The number of nitrogens with one attached hydrogen (secondary N) is 2. The molecule has 5 nitrogen and oxygen atoms in total. The Labute approximate surface area is 149 Å². The van der Waals surface area contributed by atoms with Gasteiger partial charge in [0.05, 0.1) is 12.2 Å². The van der Waals surface area contributed by atoms with Crippen LogP contribution in [0.25, 0.3) is 0 Å². The number of rotatable bonds is 6. The van der Waals surface area contributed by atoms with Crippen LogP contribution < -0.4 is 10.6 Å². The van der Waals surface area contributed by atoms with E-state index in [4.69, 9.17) is 4.74 Å². The molecule has 0 aromatic heterocycles. The van der Waals surface area contributed by atoms with Gasteiger partial charge in [-0.2, -0.15) is 0 Å². The molecule has 0 aliphatic carbocycles. The maximum absolute atomic E-state index is 11.6. The van der Waals surface area contributed by atoms with E-state index in [0.29, 0.717) is 25.3 Å². The molecule has 0 atom stereocenters. The molecule has 0 radical (unpaired) electrons. The van der Waals surface area contributed by atoms with E-state index in [1.807, 2.05) is 12.1 Å². The van der Waals surface area contributed by atoms with E-state index in [2.05, 4.69) is 46.8 Å². The molecule has 0 unspecified atom stereocenters. The summed E-state index contributed by atoms with van der Waals surface area (Å²) in [6, 6.07) is 15.8. The van der Waals surface area contributed by atoms with Crippen molar-refractivity contribution in [3.05, 3.63) is 70.8 Å². The summed E-state index contributed by atoms with van der Waals surface area (Å²) in [7, 11) is 1.74. The fourth-order valence-electron chi connectivity index (χ4n) is 2.27. The molecule has 132 valence electrons. The number of guanidine groups is 1. The van der Waals surface area contributed by atoms with Crippen LogP contribution in [-0.2, 0) is 17.8 Å². The highest BCUT2D eigenvalue weighted by atomic mass is 16.5. The Morgan fingerprint density at radius 2 is 1.48 bits per heavy atom. The van der Waals surface area contributed by atoms with Gasteiger partial charge in [0.25, 0.3) is 0 Å². The lowest BCUT2D eigenvalue weighted by Crippen LogP contribution is -2.36. The fourth-order valence-corrected chi connectivity index (χ4v) is 2.27. The first kappa shape index (κ1) is 18.5. The third-order valence-corrected chi connectivity index (χ3v) is 3.73. The lowest BCUT2D eigenvalue weighted by Gasteiger charge is -2.12. The van der Waals surface area contributed by atoms with Crippen molar-refractivity contribution in [2.24, 2.45) is 4.99 Å². The maximum Gasteiger partial charge on any atom is 0.338 e. The van der Waals surface area contributed by atoms with Crippen molar-refractivity contribution < 1.29 is 9.53 Å². The van der Waals surface area contributed by atoms with Gasteiger partial charge < -0.3 is 15.4 Å². The van der Waals surface area contributed by atoms with Crippen molar-refractivity contribution in [3.8, 4) is 0 Å². The zero-order chi connectivity index (χ0) is 18.1. The average Bonchev–Trinajstić information content (AvgIpc) is 2.64. The van der Waals surface area contributed by atoms with Gasteiger partial charge in [0.1, 0.15) is 0 Å². The van der Waals surface area contributed by atoms with Gasteiger partial charge in [-0.3, -0.25) is 4.99 Å². The molecule has 0 amide bonds. The van der Waals surface area contributed by atoms with Crippen molar-refractivity contribution in [1.29, 1.82) is 0 Å². The van der Waals surface area contributed by atoms with Crippen LogP contribution in [0.4, 0.5) is 0 Å². The van der Waals surface area contributed by atoms with Gasteiger partial charge in [-0.1, -0.05) is 42.0 Å². The number of aryl methyl sites for hydroxylation is 1. The molecule has 2 aromatic rings. The molecular weight excluding hydrogens is 314 g/mol. The molecule has 2 N–H and O–H groups in total. The Bertz CT molecular complexity index is 707. The monoisotopic (exact) mass is 339 g/mol. The summed E-state index contributed by atoms with van der Waals surface area (Å²) in [5.74, 6) is 0.438. The predicted octanol–water partition coefficient (Wildman–Crippen LogP) is 3.04. The standard InChI is InChI=1S/C20H25N3O2/c1-4-25-19(24)18-11-9-17(10-12-18)14-23-20(21-3)22-13-16-7-5-15(2)6-8-16/h5-12H,4,13-14H2,1-3H3,(H2,21,22,23). The molecule has 25 heavy (non-hydrogen) atoms. The van der Waals surface area contributed by atoms with E-state index in [1.165, 1.54) is 11.1 Å². The molecule has 0 saturated carbocycles. The van der Waals surface area contributed by atoms with Gasteiger partial charge in [0.2, 0.25) is 0 Å². The quantitative estimate of drug-likeness (QED) is 0.482. The number of hydrogen-bond donors (Lipinski definition) is 2. The summed E-state index contributed by atoms with van der Waals surface area (Å²) in [6.07, 6.45) is 0. The number of carbonyl (C=O) groups excluding carboxylic acids is 1. The number of aliphatic imine (C=N–C) groups is 1. The minimum atomic E-state index is -0.294. The molecule has 0 spiro atoms. The first-order chi connectivity index (χ1) is 12.1. The van der Waals surface area contributed by atoms with Gasteiger partial charge in [-0.25, -0.2) is 4.79 Å². The van der Waals surface area contributed by atoms with Crippen LogP contribution in [0.1, 0.15) is 34.0 Å². The minimum absolute atomic E-state index is 0.294. The van der Waals surface area contributed by atoms with Gasteiger partial charge >= 0.3 is 5.97 Å². The van der Waals surface area contributed by atoms with Gasteiger partial charge in [-0.15, -0.1) is 0 Å². The van der Waals surface area contributed by atoms with E-state index in [-0.39, 0.29) is 5.97 Å². The van der Waals surface area contributed by atoms with Gasteiger partial charge in [0, 0.05) is 20.1 Å². The first-order valence-corrected chi connectivity index (χ1v) is 8.38. The number of nitrogens with zero attached hydrogens (tertiary/aromatic N) is 1. The third kappa shape index (κ3) is 5.95. The van der Waals surface area contributed by atoms with Crippen molar-refractivity contribution in [2.45, 2.75) is 26.9 Å². The van der Waals surface area contributed by atoms with Crippen LogP contribution in [-0.4, -0.2) is 25.6 Å². The number of esters is 1. The molecule has 0 aliphatic heterocycles.